The fraction of sp³-hybridized carbons (Fsp3) is 0.500. The summed E-state index contributed by atoms with van der Waals surface area (Å²) < 4.78 is 1.71. The summed E-state index contributed by atoms with van der Waals surface area (Å²) in [4.78, 5) is 8.59. The summed E-state index contributed by atoms with van der Waals surface area (Å²) in [5.41, 5.74) is 1.95. The molecule has 6 heteroatoms. The van der Waals surface area contributed by atoms with Crippen LogP contribution in [0.5, 0.6) is 0 Å². The second-order valence-electron chi connectivity index (χ2n) is 4.23. The Balaban J connectivity index is 2.17. The first-order valence-corrected chi connectivity index (χ1v) is 6.07. The Bertz CT molecular complexity index is 507. The molecule has 0 aliphatic heterocycles. The smallest absolute Gasteiger partial charge is 0.125 e. The fourth-order valence-electron chi connectivity index (χ4n) is 1.89. The highest BCUT2D eigenvalue weighted by Crippen LogP contribution is 2.14. The van der Waals surface area contributed by atoms with E-state index in [1.165, 1.54) is 0 Å². The Morgan fingerprint density at radius 2 is 2.28 bits per heavy atom. The van der Waals surface area contributed by atoms with Crippen molar-refractivity contribution in [1.29, 1.82) is 0 Å². The van der Waals surface area contributed by atoms with E-state index in [2.05, 4.69) is 32.5 Å². The zero-order valence-corrected chi connectivity index (χ0v) is 11.0. The highest BCUT2D eigenvalue weighted by molar-refractivity contribution is 5.11. The third kappa shape index (κ3) is 3.10. The number of hydrogen-bond donors (Lipinski definition) is 1. The van der Waals surface area contributed by atoms with Crippen LogP contribution in [0.1, 0.15) is 30.2 Å². The molecule has 0 saturated heterocycles. The van der Waals surface area contributed by atoms with E-state index < -0.39 is 0 Å². The molecule has 2 aromatic rings. The van der Waals surface area contributed by atoms with Gasteiger partial charge in [0.15, 0.2) is 0 Å². The molecule has 1 atom stereocenters. The zero-order valence-electron chi connectivity index (χ0n) is 11.0. The van der Waals surface area contributed by atoms with Crippen LogP contribution in [0.25, 0.3) is 0 Å². The molecule has 0 aliphatic rings. The van der Waals surface area contributed by atoms with Gasteiger partial charge >= 0.3 is 0 Å². The molecule has 96 valence electrons. The van der Waals surface area contributed by atoms with Gasteiger partial charge in [-0.25, -0.2) is 9.97 Å². The molecule has 0 aliphatic carbocycles. The van der Waals surface area contributed by atoms with Gasteiger partial charge < -0.3 is 5.32 Å². The number of hydrogen-bond acceptors (Lipinski definition) is 5. The van der Waals surface area contributed by atoms with Crippen LogP contribution in [0, 0.1) is 6.92 Å². The molecule has 6 nitrogen and oxygen atoms in total. The maximum Gasteiger partial charge on any atom is 0.125 e. The maximum atomic E-state index is 4.47. The molecule has 1 N–H and O–H groups in total. The van der Waals surface area contributed by atoms with E-state index >= 15 is 0 Å². The SMILES string of the molecule is CCNC(Cc1cn(C)nn1)c1ccnc(C)n1. The number of likely N-dealkylation sites (N-methyl/N-ethyl adjacent to an activating group) is 1. The number of nitrogens with zero attached hydrogens (tertiary/aromatic N) is 5. The largest absolute Gasteiger partial charge is 0.309 e. The molecule has 2 heterocycles. The summed E-state index contributed by atoms with van der Waals surface area (Å²) >= 11 is 0. The molecular formula is C12H18N6. The Morgan fingerprint density at radius 1 is 1.44 bits per heavy atom. The van der Waals surface area contributed by atoms with E-state index in [9.17, 15) is 0 Å². The minimum atomic E-state index is 0.147. The van der Waals surface area contributed by atoms with E-state index in [0.29, 0.717) is 0 Å². The summed E-state index contributed by atoms with van der Waals surface area (Å²) in [6, 6.07) is 2.09. The van der Waals surface area contributed by atoms with Crippen LogP contribution in [0.2, 0.25) is 0 Å². The van der Waals surface area contributed by atoms with Crippen molar-refractivity contribution < 1.29 is 0 Å². The predicted octanol–water partition coefficient (Wildman–Crippen LogP) is 0.807. The van der Waals surface area contributed by atoms with Gasteiger partial charge in [-0.3, -0.25) is 4.68 Å². The van der Waals surface area contributed by atoms with E-state index in [0.717, 1.165) is 30.2 Å². The molecule has 18 heavy (non-hydrogen) atoms. The van der Waals surface area contributed by atoms with Gasteiger partial charge in [-0.2, -0.15) is 0 Å². The normalized spacial score (nSPS) is 12.6. The van der Waals surface area contributed by atoms with Gasteiger partial charge in [0.2, 0.25) is 0 Å². The lowest BCUT2D eigenvalue weighted by Gasteiger charge is -2.16. The van der Waals surface area contributed by atoms with Gasteiger partial charge in [-0.05, 0) is 19.5 Å². The molecule has 0 radical (unpaired) electrons. The van der Waals surface area contributed by atoms with Crippen molar-refractivity contribution in [2.45, 2.75) is 26.3 Å². The summed E-state index contributed by atoms with van der Waals surface area (Å²) in [7, 11) is 1.87. The summed E-state index contributed by atoms with van der Waals surface area (Å²) in [5, 5.41) is 11.5. The molecule has 0 saturated carbocycles. The standard InChI is InChI=1S/C12H18N6/c1-4-13-12(7-10-8-18(3)17-16-10)11-5-6-14-9(2)15-11/h5-6,8,12-13H,4,7H2,1-3H3. The van der Waals surface area contributed by atoms with Crippen LogP contribution in [-0.2, 0) is 13.5 Å². The van der Waals surface area contributed by atoms with E-state index in [1.807, 2.05) is 26.2 Å². The van der Waals surface area contributed by atoms with Crippen LogP contribution in [0.3, 0.4) is 0 Å². The van der Waals surface area contributed by atoms with Gasteiger partial charge in [0.25, 0.3) is 0 Å². The molecule has 0 aromatic carbocycles. The third-order valence-electron chi connectivity index (χ3n) is 2.67. The van der Waals surface area contributed by atoms with E-state index in [1.54, 1.807) is 10.9 Å². The lowest BCUT2D eigenvalue weighted by atomic mass is 10.1. The van der Waals surface area contributed by atoms with Crippen molar-refractivity contribution >= 4 is 0 Å². The van der Waals surface area contributed by atoms with Gasteiger partial charge in [-0.1, -0.05) is 12.1 Å². The van der Waals surface area contributed by atoms with E-state index in [4.69, 9.17) is 0 Å². The Kier molecular flexibility index (Phi) is 3.99. The number of nitrogens with one attached hydrogen (secondary N) is 1. The summed E-state index contributed by atoms with van der Waals surface area (Å²) in [5.74, 6) is 0.787. The quantitative estimate of drug-likeness (QED) is 0.845. The van der Waals surface area contributed by atoms with E-state index in [-0.39, 0.29) is 6.04 Å². The first-order chi connectivity index (χ1) is 8.69. The Labute approximate surface area is 106 Å². The fourth-order valence-corrected chi connectivity index (χ4v) is 1.89. The van der Waals surface area contributed by atoms with Crippen LogP contribution < -0.4 is 5.32 Å². The average molecular weight is 246 g/mol. The average Bonchev–Trinajstić information content (AvgIpc) is 2.74. The topological polar surface area (TPSA) is 68.5 Å². The number of aromatic nitrogens is 5. The molecule has 0 fully saturated rings. The predicted molar refractivity (Wildman–Crippen MR) is 67.9 cm³/mol. The molecule has 2 aromatic heterocycles. The zero-order chi connectivity index (χ0) is 13.0. The van der Waals surface area contributed by atoms with Crippen molar-refractivity contribution in [3.05, 3.63) is 35.7 Å². The molecule has 1 unspecified atom stereocenters. The van der Waals surface area contributed by atoms with Crippen LogP contribution in [-0.4, -0.2) is 31.5 Å². The summed E-state index contributed by atoms with van der Waals surface area (Å²) in [6.07, 6.45) is 4.50. The minimum absolute atomic E-state index is 0.147. The Morgan fingerprint density at radius 3 is 2.89 bits per heavy atom. The lowest BCUT2D eigenvalue weighted by Crippen LogP contribution is -2.24. The second-order valence-corrected chi connectivity index (χ2v) is 4.23. The molecule has 0 spiro atoms. The molecule has 0 bridgehead atoms. The van der Waals surface area contributed by atoms with Crippen molar-refractivity contribution in [3.8, 4) is 0 Å². The Hall–Kier alpha value is -1.82. The van der Waals surface area contributed by atoms with Crippen LogP contribution in [0.4, 0.5) is 0 Å². The lowest BCUT2D eigenvalue weighted by molar-refractivity contribution is 0.528. The van der Waals surface area contributed by atoms with Crippen LogP contribution >= 0.6 is 0 Å². The molecular weight excluding hydrogens is 228 g/mol. The third-order valence-corrected chi connectivity index (χ3v) is 2.67. The van der Waals surface area contributed by atoms with Crippen molar-refractivity contribution in [3.63, 3.8) is 0 Å². The molecule has 0 amide bonds. The van der Waals surface area contributed by atoms with Gasteiger partial charge in [-0.15, -0.1) is 5.10 Å². The highest BCUT2D eigenvalue weighted by atomic mass is 15.4. The first-order valence-electron chi connectivity index (χ1n) is 6.07. The number of rotatable bonds is 5. The van der Waals surface area contributed by atoms with Crippen molar-refractivity contribution in [2.75, 3.05) is 6.54 Å². The monoisotopic (exact) mass is 246 g/mol. The van der Waals surface area contributed by atoms with Crippen molar-refractivity contribution in [1.82, 2.24) is 30.3 Å². The van der Waals surface area contributed by atoms with Crippen LogP contribution in [0.15, 0.2) is 18.5 Å². The van der Waals surface area contributed by atoms with Gasteiger partial charge in [0.05, 0.1) is 17.4 Å². The van der Waals surface area contributed by atoms with Gasteiger partial charge in [0.1, 0.15) is 5.82 Å². The minimum Gasteiger partial charge on any atom is -0.309 e. The van der Waals surface area contributed by atoms with Gasteiger partial charge in [0, 0.05) is 25.9 Å². The first kappa shape index (κ1) is 12.6. The highest BCUT2D eigenvalue weighted by Gasteiger charge is 2.14. The second kappa shape index (κ2) is 5.68. The number of aryl methyl sites for hydroxylation is 2. The maximum absolute atomic E-state index is 4.47. The van der Waals surface area contributed by atoms with Crippen molar-refractivity contribution in [2.24, 2.45) is 7.05 Å². The molecule has 2 rings (SSSR count). The summed E-state index contributed by atoms with van der Waals surface area (Å²) in [6.45, 7) is 4.86.